The summed E-state index contributed by atoms with van der Waals surface area (Å²) in [6.07, 6.45) is -1.44. The van der Waals surface area contributed by atoms with Crippen molar-refractivity contribution in [3.63, 3.8) is 0 Å². The van der Waals surface area contributed by atoms with Gasteiger partial charge in [0.2, 0.25) is 0 Å². The first-order valence-electron chi connectivity index (χ1n) is 3.85. The Morgan fingerprint density at radius 2 is 1.79 bits per heavy atom. The molecule has 1 aromatic rings. The van der Waals surface area contributed by atoms with Crippen LogP contribution in [-0.4, -0.2) is 16.2 Å². The van der Waals surface area contributed by atoms with Crippen molar-refractivity contribution >= 4 is 29.2 Å². The summed E-state index contributed by atoms with van der Waals surface area (Å²) in [5, 5.41) is 18.6. The summed E-state index contributed by atoms with van der Waals surface area (Å²) in [5.74, 6) is -1.08. The van der Waals surface area contributed by atoms with Gasteiger partial charge in [0.15, 0.2) is 0 Å². The van der Waals surface area contributed by atoms with Crippen LogP contribution in [-0.2, 0) is 4.79 Å². The zero-order chi connectivity index (χ0) is 10.7. The zero-order valence-electron chi connectivity index (χ0n) is 7.08. The number of hydrogen-bond acceptors (Lipinski definition) is 2. The molecule has 3 nitrogen and oxygen atoms in total. The highest BCUT2D eigenvalue weighted by Crippen LogP contribution is 2.24. The normalized spacial score (nSPS) is 12.5. The number of carboxylic acids is 1. The van der Waals surface area contributed by atoms with Gasteiger partial charge in [0.05, 0.1) is 12.5 Å². The first-order valence-corrected chi connectivity index (χ1v) is 4.60. The lowest BCUT2D eigenvalue weighted by atomic mass is 10.1. The maximum absolute atomic E-state index is 10.3. The highest BCUT2D eigenvalue weighted by atomic mass is 35.5. The second-order valence-corrected chi connectivity index (χ2v) is 3.69. The molecular formula is C9H8Cl2O3. The predicted octanol–water partition coefficient (Wildman–Crippen LogP) is 2.50. The lowest BCUT2D eigenvalue weighted by Gasteiger charge is -2.08. The monoisotopic (exact) mass is 234 g/mol. The molecule has 14 heavy (non-hydrogen) atoms. The molecule has 2 N–H and O–H groups in total. The van der Waals surface area contributed by atoms with Crippen molar-refractivity contribution in [2.24, 2.45) is 0 Å². The number of benzene rings is 1. The molecule has 5 heteroatoms. The summed E-state index contributed by atoms with van der Waals surface area (Å²) in [6, 6.07) is 4.49. The van der Waals surface area contributed by atoms with Crippen LogP contribution in [0.5, 0.6) is 0 Å². The van der Waals surface area contributed by atoms with E-state index in [-0.39, 0.29) is 6.42 Å². The molecule has 0 saturated heterocycles. The van der Waals surface area contributed by atoms with Crippen LogP contribution in [0.1, 0.15) is 18.1 Å². The number of aliphatic carboxylic acids is 1. The summed E-state index contributed by atoms with van der Waals surface area (Å²) in [4.78, 5) is 10.3. The van der Waals surface area contributed by atoms with Gasteiger partial charge in [-0.1, -0.05) is 23.2 Å². The van der Waals surface area contributed by atoms with E-state index in [4.69, 9.17) is 28.3 Å². The highest BCUT2D eigenvalue weighted by molar-refractivity contribution is 6.34. The third-order valence-electron chi connectivity index (χ3n) is 1.64. The van der Waals surface area contributed by atoms with Crippen LogP contribution < -0.4 is 0 Å². The van der Waals surface area contributed by atoms with Crippen LogP contribution in [0.15, 0.2) is 18.2 Å². The molecule has 0 aromatic heterocycles. The number of rotatable bonds is 3. The first-order chi connectivity index (χ1) is 6.49. The third-order valence-corrected chi connectivity index (χ3v) is 2.07. The maximum atomic E-state index is 10.3. The number of hydrogen-bond donors (Lipinski definition) is 2. The molecule has 0 amide bonds. The zero-order valence-corrected chi connectivity index (χ0v) is 8.59. The lowest BCUT2D eigenvalue weighted by Crippen LogP contribution is -2.05. The fourth-order valence-electron chi connectivity index (χ4n) is 1.05. The molecule has 0 aliphatic rings. The summed E-state index contributed by atoms with van der Waals surface area (Å²) in [7, 11) is 0. The molecule has 0 aliphatic heterocycles. The summed E-state index contributed by atoms with van der Waals surface area (Å²) >= 11 is 11.4. The maximum Gasteiger partial charge on any atom is 0.306 e. The third kappa shape index (κ3) is 3.18. The Labute approximate surface area is 90.9 Å². The molecule has 1 rings (SSSR count). The van der Waals surface area contributed by atoms with E-state index >= 15 is 0 Å². The van der Waals surface area contributed by atoms with Crippen molar-refractivity contribution in [2.45, 2.75) is 12.5 Å². The number of aliphatic hydroxyl groups is 1. The molecule has 0 bridgehead atoms. The smallest absolute Gasteiger partial charge is 0.306 e. The molecule has 0 heterocycles. The minimum absolute atomic E-state index is 0.364. The minimum Gasteiger partial charge on any atom is -0.481 e. The van der Waals surface area contributed by atoms with Gasteiger partial charge in [-0.2, -0.15) is 0 Å². The molecule has 1 aromatic carbocycles. The Bertz CT molecular complexity index is 332. The van der Waals surface area contributed by atoms with E-state index in [0.717, 1.165) is 0 Å². The second-order valence-electron chi connectivity index (χ2n) is 2.82. The van der Waals surface area contributed by atoms with Crippen LogP contribution in [0.4, 0.5) is 0 Å². The molecule has 76 valence electrons. The molecule has 1 atom stereocenters. The van der Waals surface area contributed by atoms with Gasteiger partial charge in [0, 0.05) is 10.0 Å². The SMILES string of the molecule is O=C(O)C[C@H](O)c1cc(Cl)cc(Cl)c1. The average Bonchev–Trinajstić information content (AvgIpc) is 2.00. The summed E-state index contributed by atoms with van der Waals surface area (Å²) in [6.45, 7) is 0. The Kier molecular flexibility index (Phi) is 3.75. The molecule has 0 aliphatic carbocycles. The number of aliphatic hydroxyl groups excluding tert-OH is 1. The van der Waals surface area contributed by atoms with Crippen molar-refractivity contribution in [1.29, 1.82) is 0 Å². The van der Waals surface area contributed by atoms with Gasteiger partial charge in [-0.15, -0.1) is 0 Å². The van der Waals surface area contributed by atoms with Crippen LogP contribution in [0.25, 0.3) is 0 Å². The van der Waals surface area contributed by atoms with E-state index in [1.807, 2.05) is 0 Å². The quantitative estimate of drug-likeness (QED) is 0.846. The summed E-state index contributed by atoms with van der Waals surface area (Å²) in [5.41, 5.74) is 0.407. The second kappa shape index (κ2) is 4.64. The molecular weight excluding hydrogens is 227 g/mol. The van der Waals surface area contributed by atoms with Crippen LogP contribution in [0, 0.1) is 0 Å². The molecule has 0 radical (unpaired) electrons. The minimum atomic E-state index is -1.08. The number of carboxylic acid groups (broad SMARTS) is 1. The molecule has 0 spiro atoms. The number of carbonyl (C=O) groups is 1. The van der Waals surface area contributed by atoms with Gasteiger partial charge < -0.3 is 10.2 Å². The van der Waals surface area contributed by atoms with E-state index in [1.54, 1.807) is 0 Å². The van der Waals surface area contributed by atoms with Gasteiger partial charge in [-0.25, -0.2) is 0 Å². The van der Waals surface area contributed by atoms with Crippen LogP contribution in [0.2, 0.25) is 10.0 Å². The Morgan fingerprint density at radius 1 is 1.29 bits per heavy atom. The Morgan fingerprint density at radius 3 is 2.21 bits per heavy atom. The standard InChI is InChI=1S/C9H8Cl2O3/c10-6-1-5(2-7(11)3-6)8(12)4-9(13)14/h1-3,8,12H,4H2,(H,13,14)/t8-/m0/s1. The van der Waals surface area contributed by atoms with Crippen LogP contribution in [0.3, 0.4) is 0 Å². The van der Waals surface area contributed by atoms with E-state index < -0.39 is 12.1 Å². The lowest BCUT2D eigenvalue weighted by molar-refractivity contribution is -0.139. The van der Waals surface area contributed by atoms with E-state index in [1.165, 1.54) is 18.2 Å². The van der Waals surface area contributed by atoms with E-state index in [0.29, 0.717) is 15.6 Å². The molecule has 0 unspecified atom stereocenters. The van der Waals surface area contributed by atoms with Gasteiger partial charge in [0.1, 0.15) is 0 Å². The van der Waals surface area contributed by atoms with Gasteiger partial charge in [-0.3, -0.25) is 4.79 Å². The highest BCUT2D eigenvalue weighted by Gasteiger charge is 2.12. The predicted molar refractivity (Wildman–Crippen MR) is 53.7 cm³/mol. The van der Waals surface area contributed by atoms with Crippen LogP contribution >= 0.6 is 23.2 Å². The summed E-state index contributed by atoms with van der Waals surface area (Å²) < 4.78 is 0. The fourth-order valence-corrected chi connectivity index (χ4v) is 1.59. The number of halogens is 2. The van der Waals surface area contributed by atoms with Gasteiger partial charge >= 0.3 is 5.97 Å². The van der Waals surface area contributed by atoms with Gasteiger partial charge in [0.25, 0.3) is 0 Å². The van der Waals surface area contributed by atoms with Gasteiger partial charge in [-0.05, 0) is 23.8 Å². The largest absolute Gasteiger partial charge is 0.481 e. The average molecular weight is 235 g/mol. The van der Waals surface area contributed by atoms with Crippen molar-refractivity contribution in [1.82, 2.24) is 0 Å². The van der Waals surface area contributed by atoms with E-state index in [2.05, 4.69) is 0 Å². The van der Waals surface area contributed by atoms with E-state index in [9.17, 15) is 9.90 Å². The van der Waals surface area contributed by atoms with Crippen molar-refractivity contribution in [2.75, 3.05) is 0 Å². The topological polar surface area (TPSA) is 57.5 Å². The molecule has 0 saturated carbocycles. The van der Waals surface area contributed by atoms with Crippen molar-refractivity contribution in [3.05, 3.63) is 33.8 Å². The van der Waals surface area contributed by atoms with Crippen molar-refractivity contribution < 1.29 is 15.0 Å². The fraction of sp³-hybridized carbons (Fsp3) is 0.222. The molecule has 0 fully saturated rings. The van der Waals surface area contributed by atoms with Crippen molar-refractivity contribution in [3.8, 4) is 0 Å². The first kappa shape index (κ1) is 11.3. The Balaban J connectivity index is 2.89. The Hall–Kier alpha value is -0.770.